The summed E-state index contributed by atoms with van der Waals surface area (Å²) < 4.78 is 0. The van der Waals surface area contributed by atoms with Gasteiger partial charge in [-0.05, 0) is 38.5 Å². The normalized spacial score (nSPS) is 18.1. The standard InChI is InChI=1S/C46H80N2O4/c1-3-5-7-9-11-13-15-17-19-21-23-25-27-29-31-33-35-41-39-43(49)47(45(41)51)37-38-48-44(50)40-42(46(48)52)36-34-32-30-28-26-24-22-20-18-16-14-12-10-8-6-4-2/h31-34,41-42H,3-30,35-40H2,1-2H3/b33-31+,34-32+. The van der Waals surface area contributed by atoms with Gasteiger partial charge in [-0.3, -0.25) is 29.0 Å². The monoisotopic (exact) mass is 725 g/mol. The maximum atomic E-state index is 13.0. The minimum atomic E-state index is -0.326. The Kier molecular flexibility index (Phi) is 27.5. The van der Waals surface area contributed by atoms with Crippen LogP contribution in [0.15, 0.2) is 24.3 Å². The van der Waals surface area contributed by atoms with Crippen molar-refractivity contribution < 1.29 is 19.2 Å². The number of hydrogen-bond acceptors (Lipinski definition) is 4. The number of unbranched alkanes of at least 4 members (excludes halogenated alkanes) is 26. The van der Waals surface area contributed by atoms with Crippen LogP contribution in [0.4, 0.5) is 0 Å². The van der Waals surface area contributed by atoms with E-state index in [4.69, 9.17) is 0 Å². The second-order valence-electron chi connectivity index (χ2n) is 16.0. The summed E-state index contributed by atoms with van der Waals surface area (Å²) in [6, 6.07) is 0. The minimum absolute atomic E-state index is 0.107. The van der Waals surface area contributed by atoms with Gasteiger partial charge in [-0.2, -0.15) is 0 Å². The molecule has 0 aromatic heterocycles. The Morgan fingerprint density at radius 1 is 0.404 bits per heavy atom. The van der Waals surface area contributed by atoms with Crippen LogP contribution in [-0.2, 0) is 19.2 Å². The molecule has 0 N–H and O–H groups in total. The van der Waals surface area contributed by atoms with E-state index in [9.17, 15) is 19.2 Å². The van der Waals surface area contributed by atoms with Gasteiger partial charge in [0, 0.05) is 25.9 Å². The van der Waals surface area contributed by atoms with Gasteiger partial charge in [0.05, 0.1) is 11.8 Å². The van der Waals surface area contributed by atoms with E-state index in [1.54, 1.807) is 0 Å². The van der Waals surface area contributed by atoms with Crippen molar-refractivity contribution in [2.45, 2.75) is 219 Å². The molecule has 2 fully saturated rings. The molecule has 2 aliphatic rings. The van der Waals surface area contributed by atoms with E-state index < -0.39 is 0 Å². The second-order valence-corrected chi connectivity index (χ2v) is 16.0. The molecule has 2 saturated heterocycles. The van der Waals surface area contributed by atoms with Gasteiger partial charge in [0.1, 0.15) is 0 Å². The van der Waals surface area contributed by atoms with E-state index >= 15 is 0 Å². The van der Waals surface area contributed by atoms with Gasteiger partial charge in [0.25, 0.3) is 0 Å². The quantitative estimate of drug-likeness (QED) is 0.0370. The number of carbonyl (C=O) groups is 4. The van der Waals surface area contributed by atoms with Crippen LogP contribution in [0.1, 0.15) is 219 Å². The molecule has 52 heavy (non-hydrogen) atoms. The van der Waals surface area contributed by atoms with Crippen LogP contribution in [0.2, 0.25) is 0 Å². The van der Waals surface area contributed by atoms with Gasteiger partial charge in [-0.1, -0.05) is 192 Å². The van der Waals surface area contributed by atoms with E-state index in [0.29, 0.717) is 12.8 Å². The molecule has 0 aliphatic carbocycles. The highest BCUT2D eigenvalue weighted by Crippen LogP contribution is 2.26. The summed E-state index contributed by atoms with van der Waals surface area (Å²) in [6.45, 7) is 4.76. The Balaban J connectivity index is 1.48. The number of likely N-dealkylation sites (tertiary alicyclic amines) is 2. The zero-order valence-electron chi connectivity index (χ0n) is 34.0. The van der Waals surface area contributed by atoms with Gasteiger partial charge in [-0.15, -0.1) is 0 Å². The zero-order chi connectivity index (χ0) is 37.5. The van der Waals surface area contributed by atoms with E-state index in [-0.39, 0.29) is 61.4 Å². The molecule has 0 radical (unpaired) electrons. The molecule has 2 rings (SSSR count). The molecular weight excluding hydrogens is 645 g/mol. The molecule has 6 nitrogen and oxygen atoms in total. The minimum Gasteiger partial charge on any atom is -0.281 e. The maximum absolute atomic E-state index is 13.0. The molecule has 2 aliphatic heterocycles. The van der Waals surface area contributed by atoms with Gasteiger partial charge < -0.3 is 0 Å². The molecule has 4 amide bonds. The summed E-state index contributed by atoms with van der Waals surface area (Å²) in [7, 11) is 0. The smallest absolute Gasteiger partial charge is 0.233 e. The molecule has 0 saturated carbocycles. The largest absolute Gasteiger partial charge is 0.281 e. The first-order chi connectivity index (χ1) is 25.5. The SMILES string of the molecule is CCCCCCCCCCCCCCC/C=C/CC1CC(=O)N(CCN2C(=O)CC(C/C=C/CCCCCCCCCCCCCCC)C2=O)C1=O. The van der Waals surface area contributed by atoms with Gasteiger partial charge in [-0.25, -0.2) is 0 Å². The summed E-state index contributed by atoms with van der Waals surface area (Å²) in [5.74, 6) is -1.36. The van der Waals surface area contributed by atoms with Crippen LogP contribution in [-0.4, -0.2) is 46.5 Å². The number of imide groups is 2. The van der Waals surface area contributed by atoms with Gasteiger partial charge >= 0.3 is 0 Å². The average Bonchev–Trinajstić information content (AvgIpc) is 3.57. The van der Waals surface area contributed by atoms with Crippen molar-refractivity contribution in [2.24, 2.45) is 11.8 Å². The molecule has 0 aromatic rings. The Labute approximate surface area is 320 Å². The Morgan fingerprint density at radius 3 is 0.962 bits per heavy atom. The van der Waals surface area contributed by atoms with Crippen molar-refractivity contribution in [3.63, 3.8) is 0 Å². The number of allylic oxidation sites excluding steroid dienone is 4. The fraction of sp³-hybridized carbons (Fsp3) is 0.826. The molecule has 6 heteroatoms. The maximum Gasteiger partial charge on any atom is 0.233 e. The highest BCUT2D eigenvalue weighted by molar-refractivity contribution is 6.05. The van der Waals surface area contributed by atoms with E-state index in [2.05, 4.69) is 38.2 Å². The average molecular weight is 725 g/mol. The van der Waals surface area contributed by atoms with Gasteiger partial charge in [0.15, 0.2) is 0 Å². The van der Waals surface area contributed by atoms with Crippen LogP contribution in [0.3, 0.4) is 0 Å². The predicted octanol–water partition coefficient (Wildman–Crippen LogP) is 12.6. The summed E-state index contributed by atoms with van der Waals surface area (Å²) >= 11 is 0. The van der Waals surface area contributed by atoms with Crippen LogP contribution in [0, 0.1) is 11.8 Å². The second kappa shape index (κ2) is 31.1. The third kappa shape index (κ3) is 20.9. The molecule has 298 valence electrons. The molecular formula is C46H80N2O4. The third-order valence-corrected chi connectivity index (χ3v) is 11.3. The number of amides is 4. The van der Waals surface area contributed by atoms with Crippen molar-refractivity contribution >= 4 is 23.6 Å². The lowest BCUT2D eigenvalue weighted by atomic mass is 10.0. The number of rotatable bonds is 35. The molecule has 2 atom stereocenters. The van der Waals surface area contributed by atoms with E-state index in [0.717, 1.165) is 12.8 Å². The highest BCUT2D eigenvalue weighted by Gasteiger charge is 2.41. The fourth-order valence-electron chi connectivity index (χ4n) is 7.86. The molecule has 2 unspecified atom stereocenters. The number of carbonyl (C=O) groups excluding carboxylic acids is 4. The lowest BCUT2D eigenvalue weighted by Crippen LogP contribution is -2.41. The summed E-state index contributed by atoms with van der Waals surface area (Å²) in [6.07, 6.45) is 47.1. The predicted molar refractivity (Wildman–Crippen MR) is 218 cm³/mol. The summed E-state index contributed by atoms with van der Waals surface area (Å²) in [5.41, 5.74) is 0. The Hall–Kier alpha value is -2.24. The van der Waals surface area contributed by atoms with Crippen molar-refractivity contribution in [3.8, 4) is 0 Å². The molecule has 0 aromatic carbocycles. The van der Waals surface area contributed by atoms with Crippen LogP contribution in [0.25, 0.3) is 0 Å². The van der Waals surface area contributed by atoms with Crippen molar-refractivity contribution in [1.29, 1.82) is 0 Å². The van der Waals surface area contributed by atoms with Crippen LogP contribution < -0.4 is 0 Å². The van der Waals surface area contributed by atoms with Gasteiger partial charge in [0.2, 0.25) is 23.6 Å². The van der Waals surface area contributed by atoms with Crippen LogP contribution >= 0.6 is 0 Å². The lowest BCUT2D eigenvalue weighted by molar-refractivity contribution is -0.144. The van der Waals surface area contributed by atoms with E-state index in [1.807, 2.05) is 0 Å². The van der Waals surface area contributed by atoms with Crippen molar-refractivity contribution in [2.75, 3.05) is 13.1 Å². The topological polar surface area (TPSA) is 74.8 Å². The van der Waals surface area contributed by atoms with Crippen molar-refractivity contribution in [3.05, 3.63) is 24.3 Å². The first-order valence-corrected chi connectivity index (χ1v) is 22.5. The molecule has 0 spiro atoms. The molecule has 2 heterocycles. The summed E-state index contributed by atoms with van der Waals surface area (Å²) in [4.78, 5) is 53.8. The molecule has 0 bridgehead atoms. The first-order valence-electron chi connectivity index (χ1n) is 22.5. The summed E-state index contributed by atoms with van der Waals surface area (Å²) in [5, 5.41) is 0. The lowest BCUT2D eigenvalue weighted by Gasteiger charge is -2.19. The number of hydrogen-bond donors (Lipinski definition) is 0. The first kappa shape index (κ1) is 45.9. The fourth-order valence-corrected chi connectivity index (χ4v) is 7.86. The zero-order valence-corrected chi connectivity index (χ0v) is 34.0. The third-order valence-electron chi connectivity index (χ3n) is 11.3. The Morgan fingerprint density at radius 2 is 0.673 bits per heavy atom. The van der Waals surface area contributed by atoms with E-state index in [1.165, 1.54) is 177 Å². The highest BCUT2D eigenvalue weighted by atomic mass is 16.2. The Bertz CT molecular complexity index is 940. The van der Waals surface area contributed by atoms with Crippen molar-refractivity contribution in [1.82, 2.24) is 9.80 Å². The number of nitrogens with zero attached hydrogens (tertiary/aromatic N) is 2. The van der Waals surface area contributed by atoms with Crippen LogP contribution in [0.5, 0.6) is 0 Å².